The molecule has 0 aromatic heterocycles. The van der Waals surface area contributed by atoms with Crippen LogP contribution in [0.2, 0.25) is 0 Å². The lowest BCUT2D eigenvalue weighted by Gasteiger charge is -2.13. The van der Waals surface area contributed by atoms with E-state index in [4.69, 9.17) is 5.41 Å². The summed E-state index contributed by atoms with van der Waals surface area (Å²) in [7, 11) is 0. The molecular weight excluding hydrogens is 134 g/mol. The summed E-state index contributed by atoms with van der Waals surface area (Å²) in [5.74, 6) is 0. The van der Waals surface area contributed by atoms with Crippen LogP contribution in [0.4, 0.5) is 0 Å². The second-order valence-corrected chi connectivity index (χ2v) is 3.34. The summed E-state index contributed by atoms with van der Waals surface area (Å²) in [4.78, 5) is 0. The van der Waals surface area contributed by atoms with E-state index < -0.39 is 0 Å². The van der Waals surface area contributed by atoms with Crippen molar-refractivity contribution in [3.63, 3.8) is 0 Å². The van der Waals surface area contributed by atoms with Gasteiger partial charge in [0.1, 0.15) is 0 Å². The van der Waals surface area contributed by atoms with Crippen LogP contribution in [0.3, 0.4) is 0 Å². The van der Waals surface area contributed by atoms with E-state index in [0.29, 0.717) is 5.71 Å². The van der Waals surface area contributed by atoms with Crippen molar-refractivity contribution in [3.8, 4) is 0 Å². The molecule has 0 aromatic carbocycles. The zero-order valence-corrected chi connectivity index (χ0v) is 7.81. The fourth-order valence-electron chi connectivity index (χ4n) is 0.825. The van der Waals surface area contributed by atoms with Crippen molar-refractivity contribution in [2.24, 2.45) is 5.41 Å². The average molecular weight is 151 g/mol. The third-order valence-corrected chi connectivity index (χ3v) is 1.36. The molecule has 0 spiro atoms. The lowest BCUT2D eigenvalue weighted by molar-refractivity contribution is 0.625. The van der Waals surface area contributed by atoms with E-state index in [1.54, 1.807) is 6.92 Å². The van der Waals surface area contributed by atoms with Gasteiger partial charge in [-0.15, -0.1) is 0 Å². The van der Waals surface area contributed by atoms with Gasteiger partial charge < -0.3 is 5.41 Å². The van der Waals surface area contributed by atoms with Crippen molar-refractivity contribution >= 4 is 5.71 Å². The van der Waals surface area contributed by atoms with E-state index in [1.165, 1.54) is 0 Å². The number of allylic oxidation sites excluding steroid dienone is 4. The average Bonchev–Trinajstić information content (AvgIpc) is 1.84. The van der Waals surface area contributed by atoms with E-state index in [0.717, 1.165) is 0 Å². The zero-order valence-electron chi connectivity index (χ0n) is 7.81. The number of hydrogen-bond donors (Lipinski definition) is 1. The molecule has 1 heteroatoms. The minimum Gasteiger partial charge on any atom is -0.306 e. The van der Waals surface area contributed by atoms with Crippen molar-refractivity contribution in [2.75, 3.05) is 0 Å². The van der Waals surface area contributed by atoms with Gasteiger partial charge in [0.15, 0.2) is 0 Å². The predicted molar refractivity (Wildman–Crippen MR) is 51.1 cm³/mol. The van der Waals surface area contributed by atoms with Crippen LogP contribution < -0.4 is 0 Å². The van der Waals surface area contributed by atoms with Gasteiger partial charge in [-0.05, 0) is 19.9 Å². The molecule has 0 aliphatic rings. The van der Waals surface area contributed by atoms with Gasteiger partial charge in [0.25, 0.3) is 0 Å². The van der Waals surface area contributed by atoms with Crippen molar-refractivity contribution in [1.82, 2.24) is 0 Å². The largest absolute Gasteiger partial charge is 0.306 e. The minimum atomic E-state index is 0.0804. The number of hydrogen-bond acceptors (Lipinski definition) is 1. The molecule has 0 saturated carbocycles. The van der Waals surface area contributed by atoms with E-state index >= 15 is 0 Å². The highest BCUT2D eigenvalue weighted by molar-refractivity contribution is 5.89. The fourth-order valence-corrected chi connectivity index (χ4v) is 0.825. The number of rotatable bonds is 3. The Bertz CT molecular complexity index is 185. The second kappa shape index (κ2) is 4.12. The Labute approximate surface area is 69.3 Å². The Morgan fingerprint density at radius 3 is 2.18 bits per heavy atom. The fraction of sp³-hybridized carbons (Fsp3) is 0.500. The van der Waals surface area contributed by atoms with E-state index in [9.17, 15) is 0 Å². The topological polar surface area (TPSA) is 23.9 Å². The van der Waals surface area contributed by atoms with Gasteiger partial charge >= 0.3 is 0 Å². The molecular formula is C10H17N. The van der Waals surface area contributed by atoms with E-state index in [2.05, 4.69) is 19.9 Å². The molecule has 0 amide bonds. The molecule has 62 valence electrons. The molecule has 11 heavy (non-hydrogen) atoms. The molecule has 1 nitrogen and oxygen atoms in total. The summed E-state index contributed by atoms with van der Waals surface area (Å²) in [6.07, 6.45) is 8.02. The first-order valence-corrected chi connectivity index (χ1v) is 3.86. The van der Waals surface area contributed by atoms with Crippen LogP contribution in [0, 0.1) is 10.8 Å². The van der Waals surface area contributed by atoms with Gasteiger partial charge in [-0.2, -0.15) is 0 Å². The molecule has 0 unspecified atom stereocenters. The molecule has 0 aliphatic carbocycles. The van der Waals surface area contributed by atoms with Gasteiger partial charge in [-0.1, -0.05) is 32.1 Å². The monoisotopic (exact) mass is 151 g/mol. The Balaban J connectivity index is 4.22. The van der Waals surface area contributed by atoms with Crippen LogP contribution >= 0.6 is 0 Å². The standard InChI is InChI=1S/C10H17N/c1-5-7-10(3,4)8-6-9(2)11/h5-8,11H,1-4H3/b7-5-,8-6-,11-9?. The molecule has 1 N–H and O–H groups in total. The maximum atomic E-state index is 7.20. The van der Waals surface area contributed by atoms with Gasteiger partial charge in [0.2, 0.25) is 0 Å². The van der Waals surface area contributed by atoms with Crippen LogP contribution in [0.15, 0.2) is 24.3 Å². The first-order valence-electron chi connectivity index (χ1n) is 3.86. The van der Waals surface area contributed by atoms with Crippen molar-refractivity contribution in [2.45, 2.75) is 27.7 Å². The predicted octanol–water partition coefficient (Wildman–Crippen LogP) is 3.18. The summed E-state index contributed by atoms with van der Waals surface area (Å²) in [5, 5.41) is 7.20. The van der Waals surface area contributed by atoms with Crippen molar-refractivity contribution in [1.29, 1.82) is 5.41 Å². The SMILES string of the molecule is C/C=C\C(C)(C)/C=C\C(C)=N. The summed E-state index contributed by atoms with van der Waals surface area (Å²) in [5.41, 5.74) is 0.680. The third-order valence-electron chi connectivity index (χ3n) is 1.36. The minimum absolute atomic E-state index is 0.0804. The third kappa shape index (κ3) is 5.59. The molecule has 0 bridgehead atoms. The first-order chi connectivity index (χ1) is 4.98. The summed E-state index contributed by atoms with van der Waals surface area (Å²) in [6.45, 7) is 8.02. The van der Waals surface area contributed by atoms with E-state index in [1.807, 2.05) is 25.2 Å². The Kier molecular flexibility index (Phi) is 3.80. The quantitative estimate of drug-likeness (QED) is 0.473. The molecule has 0 saturated heterocycles. The van der Waals surface area contributed by atoms with Crippen LogP contribution in [0.25, 0.3) is 0 Å². The lowest BCUT2D eigenvalue weighted by atomic mass is 9.92. The van der Waals surface area contributed by atoms with Crippen molar-refractivity contribution in [3.05, 3.63) is 24.3 Å². The Morgan fingerprint density at radius 1 is 1.27 bits per heavy atom. The zero-order chi connectivity index (χ0) is 8.91. The van der Waals surface area contributed by atoms with Gasteiger partial charge in [-0.3, -0.25) is 0 Å². The second-order valence-electron chi connectivity index (χ2n) is 3.34. The molecule has 0 aromatic rings. The maximum Gasteiger partial charge on any atom is 0.0280 e. The lowest BCUT2D eigenvalue weighted by Crippen LogP contribution is -2.02. The number of nitrogens with one attached hydrogen (secondary N) is 1. The van der Waals surface area contributed by atoms with Crippen molar-refractivity contribution < 1.29 is 0 Å². The molecule has 0 rings (SSSR count). The highest BCUT2D eigenvalue weighted by Gasteiger charge is 2.06. The van der Waals surface area contributed by atoms with Gasteiger partial charge in [-0.25, -0.2) is 0 Å². The summed E-state index contributed by atoms with van der Waals surface area (Å²) < 4.78 is 0. The summed E-state index contributed by atoms with van der Waals surface area (Å²) >= 11 is 0. The maximum absolute atomic E-state index is 7.20. The van der Waals surface area contributed by atoms with Gasteiger partial charge in [0.05, 0.1) is 0 Å². The highest BCUT2D eigenvalue weighted by atomic mass is 14.4. The molecule has 0 fully saturated rings. The van der Waals surface area contributed by atoms with Crippen LogP contribution in [0.5, 0.6) is 0 Å². The molecule has 0 aliphatic heterocycles. The van der Waals surface area contributed by atoms with E-state index in [-0.39, 0.29) is 5.41 Å². The molecule has 0 atom stereocenters. The normalized spacial score (nSPS) is 13.1. The molecule has 0 heterocycles. The highest BCUT2D eigenvalue weighted by Crippen LogP contribution is 2.18. The molecule has 0 radical (unpaired) electrons. The summed E-state index contributed by atoms with van der Waals surface area (Å²) in [6, 6.07) is 0. The first kappa shape index (κ1) is 10.2. The van der Waals surface area contributed by atoms with Crippen LogP contribution in [-0.4, -0.2) is 5.71 Å². The Morgan fingerprint density at radius 2 is 1.82 bits per heavy atom. The Hall–Kier alpha value is -0.850. The smallest absolute Gasteiger partial charge is 0.0280 e. The van der Waals surface area contributed by atoms with Gasteiger partial charge in [0, 0.05) is 11.1 Å². The van der Waals surface area contributed by atoms with Crippen LogP contribution in [-0.2, 0) is 0 Å². The van der Waals surface area contributed by atoms with Crippen LogP contribution in [0.1, 0.15) is 27.7 Å².